The Kier molecular flexibility index (Phi) is 5.31. The van der Waals surface area contributed by atoms with Gasteiger partial charge in [0.1, 0.15) is 12.1 Å². The highest BCUT2D eigenvalue weighted by atomic mass is 79.9. The van der Waals surface area contributed by atoms with Crippen LogP contribution in [0, 0.1) is 5.82 Å². The molecule has 0 bridgehead atoms. The number of aldehydes is 1. The monoisotopic (exact) mass is 374 g/mol. The van der Waals surface area contributed by atoms with Crippen LogP contribution in [0.3, 0.4) is 0 Å². The van der Waals surface area contributed by atoms with Crippen LogP contribution in [0.5, 0.6) is 0 Å². The minimum Gasteiger partial charge on any atom is -0.342 e. The molecule has 122 valence electrons. The van der Waals surface area contributed by atoms with Crippen molar-refractivity contribution in [3.63, 3.8) is 0 Å². The Balaban J connectivity index is 2.67. The van der Waals surface area contributed by atoms with Gasteiger partial charge in [-0.25, -0.2) is 4.39 Å². The van der Waals surface area contributed by atoms with E-state index in [0.717, 1.165) is 10.8 Å². The molecular weight excluding hydrogens is 355 g/mol. The molecule has 0 aliphatic carbocycles. The van der Waals surface area contributed by atoms with E-state index in [0.29, 0.717) is 5.56 Å². The fourth-order valence-corrected chi connectivity index (χ4v) is 3.26. The minimum absolute atomic E-state index is 0.157. The lowest BCUT2D eigenvalue weighted by Gasteiger charge is -2.54. The number of rotatable bonds is 5. The van der Waals surface area contributed by atoms with E-state index < -0.39 is 23.4 Å². The summed E-state index contributed by atoms with van der Waals surface area (Å²) in [4.78, 5) is 11.2. The van der Waals surface area contributed by atoms with Crippen LogP contribution in [0.2, 0.25) is 0 Å². The highest BCUT2D eigenvalue weighted by Crippen LogP contribution is 2.35. The molecule has 1 heterocycles. The number of hydrogen-bond acceptors (Lipinski definition) is 6. The van der Waals surface area contributed by atoms with Gasteiger partial charge in [-0.1, -0.05) is 15.9 Å². The first-order valence-electron chi connectivity index (χ1n) is 6.87. The van der Waals surface area contributed by atoms with Gasteiger partial charge in [-0.05, 0) is 39.3 Å². The van der Waals surface area contributed by atoms with Crippen LogP contribution in [0.4, 0.5) is 4.39 Å². The third-order valence-electron chi connectivity index (χ3n) is 3.99. The second-order valence-electron chi connectivity index (χ2n) is 5.00. The average Bonchev–Trinajstić information content (AvgIpc) is 2.56. The number of benzene rings is 1. The summed E-state index contributed by atoms with van der Waals surface area (Å²) in [6.45, 7) is 0.157. The third kappa shape index (κ3) is 2.60. The van der Waals surface area contributed by atoms with Gasteiger partial charge in [0, 0.05) is 10.0 Å². The minimum atomic E-state index is -1.20. The smallest absolute Gasteiger partial charge is 0.211 e. The molecule has 1 aromatic carbocycles. The standard InChI is InChI=1S/C14H20BrFN4O2/c1-17-13(11-6-9(15)4-5-12(11)16)14(18-2,19-3)22-8-10(7-21)20-13/h4-7,10,17-20H,8H2,1-3H3. The first-order chi connectivity index (χ1) is 10.5. The van der Waals surface area contributed by atoms with Crippen molar-refractivity contribution in [1.29, 1.82) is 0 Å². The highest BCUT2D eigenvalue weighted by Gasteiger charge is 2.57. The van der Waals surface area contributed by atoms with Crippen molar-refractivity contribution in [2.45, 2.75) is 17.6 Å². The predicted octanol–water partition coefficient (Wildman–Crippen LogP) is 0.240. The van der Waals surface area contributed by atoms with Crippen molar-refractivity contribution < 1.29 is 13.9 Å². The van der Waals surface area contributed by atoms with Crippen molar-refractivity contribution in [2.75, 3.05) is 27.7 Å². The molecule has 1 fully saturated rings. The van der Waals surface area contributed by atoms with E-state index in [9.17, 15) is 9.18 Å². The zero-order valence-corrected chi connectivity index (χ0v) is 14.3. The Morgan fingerprint density at radius 2 is 2.05 bits per heavy atom. The number of ether oxygens (including phenoxy) is 1. The molecule has 0 saturated carbocycles. The first-order valence-corrected chi connectivity index (χ1v) is 7.67. The maximum Gasteiger partial charge on any atom is 0.211 e. The molecule has 0 radical (unpaired) electrons. The number of hydrogen-bond donors (Lipinski definition) is 4. The number of likely N-dealkylation sites (N-methyl/N-ethyl adjacent to an activating group) is 3. The lowest BCUT2D eigenvalue weighted by Crippen LogP contribution is -2.82. The van der Waals surface area contributed by atoms with Gasteiger partial charge >= 0.3 is 0 Å². The number of nitrogens with one attached hydrogen (secondary N) is 4. The Bertz CT molecular complexity index is 556. The topological polar surface area (TPSA) is 74.4 Å². The largest absolute Gasteiger partial charge is 0.342 e. The zero-order chi connectivity index (χ0) is 16.4. The molecule has 8 heteroatoms. The Labute approximate surface area is 137 Å². The summed E-state index contributed by atoms with van der Waals surface area (Å²) in [7, 11) is 5.07. The van der Waals surface area contributed by atoms with Gasteiger partial charge in [0.25, 0.3) is 0 Å². The van der Waals surface area contributed by atoms with Gasteiger partial charge in [-0.2, -0.15) is 0 Å². The van der Waals surface area contributed by atoms with E-state index in [1.54, 1.807) is 33.3 Å². The van der Waals surface area contributed by atoms with E-state index in [4.69, 9.17) is 4.74 Å². The predicted molar refractivity (Wildman–Crippen MR) is 84.6 cm³/mol. The summed E-state index contributed by atoms with van der Waals surface area (Å²) in [6, 6.07) is 4.06. The van der Waals surface area contributed by atoms with Crippen LogP contribution in [-0.4, -0.2) is 45.9 Å². The normalized spacial score (nSPS) is 27.6. The average molecular weight is 375 g/mol. The number of morpholine rings is 1. The molecule has 6 nitrogen and oxygen atoms in total. The van der Waals surface area contributed by atoms with Gasteiger partial charge in [0.15, 0.2) is 5.66 Å². The van der Waals surface area contributed by atoms with E-state index >= 15 is 0 Å². The summed E-state index contributed by atoms with van der Waals surface area (Å²) in [6.07, 6.45) is 0.747. The number of carbonyl (C=O) groups excluding carboxylic acids is 1. The second kappa shape index (κ2) is 6.69. The van der Waals surface area contributed by atoms with Crippen LogP contribution in [0.25, 0.3) is 0 Å². The van der Waals surface area contributed by atoms with Gasteiger partial charge in [0.05, 0.1) is 12.6 Å². The van der Waals surface area contributed by atoms with Gasteiger partial charge in [-0.3, -0.25) is 21.3 Å². The van der Waals surface area contributed by atoms with Gasteiger partial charge < -0.3 is 9.53 Å². The highest BCUT2D eigenvalue weighted by molar-refractivity contribution is 9.10. The molecular formula is C14H20BrFN4O2. The summed E-state index contributed by atoms with van der Waals surface area (Å²) in [5.41, 5.74) is -0.881. The van der Waals surface area contributed by atoms with Gasteiger partial charge in [-0.15, -0.1) is 0 Å². The molecule has 1 aliphatic rings. The quantitative estimate of drug-likeness (QED) is 0.437. The molecule has 0 spiro atoms. The molecule has 2 unspecified atom stereocenters. The third-order valence-corrected chi connectivity index (χ3v) is 4.48. The van der Waals surface area contributed by atoms with Crippen molar-refractivity contribution in [3.05, 3.63) is 34.1 Å². The fraction of sp³-hybridized carbons (Fsp3) is 0.500. The molecule has 1 saturated heterocycles. The van der Waals surface area contributed by atoms with Crippen molar-refractivity contribution in [1.82, 2.24) is 21.3 Å². The van der Waals surface area contributed by atoms with E-state index in [1.807, 2.05) is 0 Å². The summed E-state index contributed by atoms with van der Waals surface area (Å²) in [5.74, 6) is -1.57. The summed E-state index contributed by atoms with van der Waals surface area (Å²) >= 11 is 3.36. The molecule has 1 aromatic rings. The fourth-order valence-electron chi connectivity index (χ4n) is 2.90. The summed E-state index contributed by atoms with van der Waals surface area (Å²) < 4.78 is 21.1. The first kappa shape index (κ1) is 17.5. The molecule has 22 heavy (non-hydrogen) atoms. The molecule has 2 rings (SSSR count). The lowest BCUT2D eigenvalue weighted by atomic mass is 9.89. The van der Waals surface area contributed by atoms with E-state index in [1.165, 1.54) is 6.07 Å². The number of carbonyl (C=O) groups is 1. The summed E-state index contributed by atoms with van der Waals surface area (Å²) in [5, 5.41) is 12.3. The maximum absolute atomic E-state index is 14.5. The zero-order valence-electron chi connectivity index (χ0n) is 12.7. The molecule has 2 atom stereocenters. The van der Waals surface area contributed by atoms with E-state index in [2.05, 4.69) is 37.2 Å². The Morgan fingerprint density at radius 1 is 1.36 bits per heavy atom. The van der Waals surface area contributed by atoms with Crippen molar-refractivity contribution in [3.8, 4) is 0 Å². The molecule has 4 N–H and O–H groups in total. The lowest BCUT2D eigenvalue weighted by molar-refractivity contribution is -0.200. The Hall–Kier alpha value is -0.900. The van der Waals surface area contributed by atoms with Crippen LogP contribution >= 0.6 is 15.9 Å². The number of halogens is 2. The van der Waals surface area contributed by atoms with Crippen LogP contribution in [0.1, 0.15) is 5.56 Å². The van der Waals surface area contributed by atoms with E-state index in [-0.39, 0.29) is 6.61 Å². The van der Waals surface area contributed by atoms with Crippen molar-refractivity contribution >= 4 is 22.2 Å². The second-order valence-corrected chi connectivity index (χ2v) is 5.92. The molecule has 1 aliphatic heterocycles. The van der Waals surface area contributed by atoms with Crippen LogP contribution in [-0.2, 0) is 15.2 Å². The van der Waals surface area contributed by atoms with Crippen LogP contribution < -0.4 is 21.3 Å². The molecule has 0 aromatic heterocycles. The maximum atomic E-state index is 14.5. The van der Waals surface area contributed by atoms with Gasteiger partial charge in [0.2, 0.25) is 5.85 Å². The van der Waals surface area contributed by atoms with Crippen LogP contribution in [0.15, 0.2) is 22.7 Å². The Morgan fingerprint density at radius 3 is 2.59 bits per heavy atom. The SMILES string of the molecule is CNC1(NC)OCC(C=O)NC1(NC)c1cc(Br)ccc1F. The molecule has 0 amide bonds. The van der Waals surface area contributed by atoms with Crippen molar-refractivity contribution in [2.24, 2.45) is 0 Å².